The van der Waals surface area contributed by atoms with Crippen molar-refractivity contribution < 1.29 is 9.18 Å². The van der Waals surface area contributed by atoms with Crippen molar-refractivity contribution in [1.82, 2.24) is 0 Å². The summed E-state index contributed by atoms with van der Waals surface area (Å²) in [5.74, 6) is -0.430. The molecule has 0 atom stereocenters. The average molecular weight is 276 g/mol. The number of para-hydroxylation sites is 1. The molecule has 1 amide bonds. The topological polar surface area (TPSA) is 55.1 Å². The van der Waals surface area contributed by atoms with Crippen LogP contribution in [0.1, 0.15) is 0 Å². The highest BCUT2D eigenvalue weighted by atomic mass is 32.2. The molecule has 0 unspecified atom stereocenters. The van der Waals surface area contributed by atoms with Crippen molar-refractivity contribution in [3.8, 4) is 0 Å². The zero-order valence-electron chi connectivity index (χ0n) is 10.1. The molecule has 0 bridgehead atoms. The largest absolute Gasteiger partial charge is 0.399 e. The van der Waals surface area contributed by atoms with Gasteiger partial charge in [0, 0.05) is 16.3 Å². The van der Waals surface area contributed by atoms with E-state index >= 15 is 0 Å². The van der Waals surface area contributed by atoms with Crippen LogP contribution >= 0.6 is 11.8 Å². The van der Waals surface area contributed by atoms with Crippen LogP contribution in [0.3, 0.4) is 0 Å². The number of hydrogen-bond donors (Lipinski definition) is 2. The molecule has 2 aromatic carbocycles. The summed E-state index contributed by atoms with van der Waals surface area (Å²) >= 11 is 1.14. The quantitative estimate of drug-likeness (QED) is 0.666. The second-order valence-corrected chi connectivity index (χ2v) is 4.91. The van der Waals surface area contributed by atoms with E-state index in [1.165, 1.54) is 6.07 Å². The van der Waals surface area contributed by atoms with Crippen LogP contribution in [0.4, 0.5) is 15.8 Å². The highest BCUT2D eigenvalue weighted by Gasteiger charge is 2.07. The Balaban J connectivity index is 1.90. The Hall–Kier alpha value is -2.01. The van der Waals surface area contributed by atoms with Gasteiger partial charge in [-0.2, -0.15) is 0 Å². The third-order valence-corrected chi connectivity index (χ3v) is 3.42. The van der Waals surface area contributed by atoms with Crippen LogP contribution in [-0.4, -0.2) is 11.7 Å². The maximum atomic E-state index is 13.5. The van der Waals surface area contributed by atoms with Crippen molar-refractivity contribution in [2.24, 2.45) is 0 Å². The molecule has 0 aliphatic rings. The SMILES string of the molecule is Nc1ccc(SCC(=O)Nc2ccccc2)c(F)c1. The number of carbonyl (C=O) groups is 1. The van der Waals surface area contributed by atoms with Crippen LogP contribution in [0.5, 0.6) is 0 Å². The molecule has 3 nitrogen and oxygen atoms in total. The van der Waals surface area contributed by atoms with Gasteiger partial charge in [0.05, 0.1) is 5.75 Å². The van der Waals surface area contributed by atoms with Gasteiger partial charge in [-0.1, -0.05) is 18.2 Å². The Morgan fingerprint density at radius 3 is 2.63 bits per heavy atom. The van der Waals surface area contributed by atoms with Crippen molar-refractivity contribution in [3.63, 3.8) is 0 Å². The number of nitrogens with one attached hydrogen (secondary N) is 1. The lowest BCUT2D eigenvalue weighted by Gasteiger charge is -2.06. The molecule has 0 radical (unpaired) electrons. The lowest BCUT2D eigenvalue weighted by Crippen LogP contribution is -2.13. The standard InChI is InChI=1S/C14H13FN2OS/c15-12-8-10(16)6-7-13(12)19-9-14(18)17-11-4-2-1-3-5-11/h1-8H,9,16H2,(H,17,18). The minimum Gasteiger partial charge on any atom is -0.399 e. The molecule has 0 fully saturated rings. The van der Waals surface area contributed by atoms with E-state index in [-0.39, 0.29) is 11.7 Å². The zero-order valence-corrected chi connectivity index (χ0v) is 10.9. The Morgan fingerprint density at radius 1 is 1.21 bits per heavy atom. The van der Waals surface area contributed by atoms with Crippen LogP contribution in [0.25, 0.3) is 0 Å². The molecular formula is C14H13FN2OS. The van der Waals surface area contributed by atoms with E-state index in [0.29, 0.717) is 10.6 Å². The average Bonchev–Trinajstić information content (AvgIpc) is 2.39. The molecule has 3 N–H and O–H groups in total. The summed E-state index contributed by atoms with van der Waals surface area (Å²) in [5, 5.41) is 2.74. The van der Waals surface area contributed by atoms with Crippen molar-refractivity contribution in [1.29, 1.82) is 0 Å². The fourth-order valence-electron chi connectivity index (χ4n) is 1.50. The molecule has 2 rings (SSSR count). The summed E-state index contributed by atoms with van der Waals surface area (Å²) in [5.41, 5.74) is 6.56. The van der Waals surface area contributed by atoms with Crippen LogP contribution in [0, 0.1) is 5.82 Å². The summed E-state index contributed by atoms with van der Waals surface area (Å²) in [6.45, 7) is 0. The Labute approximate surface area is 115 Å². The zero-order chi connectivity index (χ0) is 13.7. The van der Waals surface area contributed by atoms with Gasteiger partial charge in [-0.25, -0.2) is 4.39 Å². The number of anilines is 2. The first-order chi connectivity index (χ1) is 9.15. The Morgan fingerprint density at radius 2 is 1.95 bits per heavy atom. The van der Waals surface area contributed by atoms with Crippen molar-refractivity contribution in [2.75, 3.05) is 16.8 Å². The molecule has 0 spiro atoms. The fourth-order valence-corrected chi connectivity index (χ4v) is 2.22. The van der Waals surface area contributed by atoms with E-state index < -0.39 is 5.82 Å². The van der Waals surface area contributed by atoms with Crippen molar-refractivity contribution in [2.45, 2.75) is 4.90 Å². The van der Waals surface area contributed by atoms with E-state index in [9.17, 15) is 9.18 Å². The number of rotatable bonds is 4. The second kappa shape index (κ2) is 6.24. The van der Waals surface area contributed by atoms with Gasteiger partial charge < -0.3 is 11.1 Å². The predicted molar refractivity (Wildman–Crippen MR) is 76.6 cm³/mol. The fraction of sp³-hybridized carbons (Fsp3) is 0.0714. The molecule has 5 heteroatoms. The molecule has 98 valence electrons. The number of benzene rings is 2. The van der Waals surface area contributed by atoms with Gasteiger partial charge >= 0.3 is 0 Å². The van der Waals surface area contributed by atoms with E-state index in [1.54, 1.807) is 24.3 Å². The Kier molecular flexibility index (Phi) is 4.41. The molecule has 0 heterocycles. The van der Waals surface area contributed by atoms with Gasteiger partial charge in [0.25, 0.3) is 0 Å². The number of nitrogen functional groups attached to an aromatic ring is 1. The molecule has 2 aromatic rings. The van der Waals surface area contributed by atoms with Gasteiger partial charge in [0.1, 0.15) is 5.82 Å². The first-order valence-corrected chi connectivity index (χ1v) is 6.66. The lowest BCUT2D eigenvalue weighted by atomic mass is 10.3. The van der Waals surface area contributed by atoms with Gasteiger partial charge in [-0.05, 0) is 30.3 Å². The monoisotopic (exact) mass is 276 g/mol. The summed E-state index contributed by atoms with van der Waals surface area (Å²) in [6.07, 6.45) is 0. The Bertz CT molecular complexity index is 575. The van der Waals surface area contributed by atoms with E-state index in [0.717, 1.165) is 17.4 Å². The first kappa shape index (κ1) is 13.4. The van der Waals surface area contributed by atoms with Gasteiger partial charge in [-0.15, -0.1) is 11.8 Å². The number of carbonyl (C=O) groups excluding carboxylic acids is 1. The normalized spacial score (nSPS) is 10.2. The number of amides is 1. The van der Waals surface area contributed by atoms with E-state index in [2.05, 4.69) is 5.32 Å². The smallest absolute Gasteiger partial charge is 0.234 e. The number of thioether (sulfide) groups is 1. The highest BCUT2D eigenvalue weighted by molar-refractivity contribution is 8.00. The molecular weight excluding hydrogens is 263 g/mol. The van der Waals surface area contributed by atoms with Gasteiger partial charge in [0.15, 0.2) is 0 Å². The van der Waals surface area contributed by atoms with Crippen LogP contribution in [0.2, 0.25) is 0 Å². The summed E-state index contributed by atoms with van der Waals surface area (Å²) in [7, 11) is 0. The number of hydrogen-bond acceptors (Lipinski definition) is 3. The van der Waals surface area contributed by atoms with Crippen LogP contribution in [0.15, 0.2) is 53.4 Å². The molecule has 0 aromatic heterocycles. The predicted octanol–water partition coefficient (Wildman–Crippen LogP) is 3.14. The summed E-state index contributed by atoms with van der Waals surface area (Å²) in [4.78, 5) is 12.1. The molecule has 19 heavy (non-hydrogen) atoms. The number of halogens is 1. The maximum absolute atomic E-state index is 13.5. The number of nitrogens with two attached hydrogens (primary N) is 1. The summed E-state index contributed by atoms with van der Waals surface area (Å²) < 4.78 is 13.5. The molecule has 0 aliphatic heterocycles. The molecule has 0 saturated carbocycles. The van der Waals surface area contributed by atoms with E-state index in [1.807, 2.05) is 18.2 Å². The lowest BCUT2D eigenvalue weighted by molar-refractivity contribution is -0.113. The van der Waals surface area contributed by atoms with Crippen LogP contribution in [-0.2, 0) is 4.79 Å². The first-order valence-electron chi connectivity index (χ1n) is 5.68. The minimum absolute atomic E-state index is 0.149. The van der Waals surface area contributed by atoms with Crippen molar-refractivity contribution >= 4 is 29.0 Å². The molecule has 0 saturated heterocycles. The maximum Gasteiger partial charge on any atom is 0.234 e. The van der Waals surface area contributed by atoms with Gasteiger partial charge in [-0.3, -0.25) is 4.79 Å². The van der Waals surface area contributed by atoms with E-state index in [4.69, 9.17) is 5.73 Å². The summed E-state index contributed by atoms with van der Waals surface area (Å²) in [6, 6.07) is 13.6. The highest BCUT2D eigenvalue weighted by Crippen LogP contribution is 2.23. The third kappa shape index (κ3) is 3.99. The molecule has 0 aliphatic carbocycles. The minimum atomic E-state index is -0.405. The van der Waals surface area contributed by atoms with Crippen molar-refractivity contribution in [3.05, 3.63) is 54.3 Å². The second-order valence-electron chi connectivity index (χ2n) is 3.89. The third-order valence-electron chi connectivity index (χ3n) is 2.37. The van der Waals surface area contributed by atoms with Gasteiger partial charge in [0.2, 0.25) is 5.91 Å². The van der Waals surface area contributed by atoms with Crippen LogP contribution < -0.4 is 11.1 Å².